The van der Waals surface area contributed by atoms with Crippen molar-refractivity contribution in [3.05, 3.63) is 225 Å². The number of carbonyl (C=O) groups excluding carboxylic acids is 2. The van der Waals surface area contributed by atoms with Crippen LogP contribution in [0.5, 0.6) is 11.5 Å². The summed E-state index contributed by atoms with van der Waals surface area (Å²) in [6, 6.07) is 54.5. The molecule has 0 fully saturated rings. The van der Waals surface area contributed by atoms with E-state index in [1.807, 2.05) is 161 Å². The van der Waals surface area contributed by atoms with E-state index in [2.05, 4.69) is 55.4 Å². The summed E-state index contributed by atoms with van der Waals surface area (Å²) in [5.41, 5.74) is 12.2. The third-order valence-electron chi connectivity index (χ3n) is 12.6. The summed E-state index contributed by atoms with van der Waals surface area (Å²) in [5, 5.41) is 49.4. The Morgan fingerprint density at radius 3 is 1.11 bits per heavy atom. The molecule has 0 unspecified atom stereocenters. The van der Waals surface area contributed by atoms with Gasteiger partial charge in [0.05, 0.1) is 22.5 Å². The molecule has 4 N–H and O–H groups in total. The zero-order valence-electron chi connectivity index (χ0n) is 39.5. The van der Waals surface area contributed by atoms with Crippen LogP contribution in [0.3, 0.4) is 0 Å². The maximum absolute atomic E-state index is 13.4. The minimum absolute atomic E-state index is 0.123. The number of amides is 2. The summed E-state index contributed by atoms with van der Waals surface area (Å²) >= 11 is 0. The Kier molecular flexibility index (Phi) is 13.7. The van der Waals surface area contributed by atoms with Crippen LogP contribution in [0.1, 0.15) is 65.2 Å². The van der Waals surface area contributed by atoms with Crippen molar-refractivity contribution in [1.29, 1.82) is 0 Å². The predicted molar refractivity (Wildman–Crippen MR) is 281 cm³/mol. The Balaban J connectivity index is 0.789. The monoisotopic (exact) mass is 920 g/mol. The highest BCUT2D eigenvalue weighted by atomic mass is 16.3. The Morgan fingerprint density at radius 1 is 0.414 bits per heavy atom. The quantitative estimate of drug-likeness (QED) is 0.0804. The van der Waals surface area contributed by atoms with Crippen LogP contribution in [0.4, 0.5) is 34.1 Å². The van der Waals surface area contributed by atoms with E-state index >= 15 is 0 Å². The van der Waals surface area contributed by atoms with Crippen LogP contribution in [-0.2, 0) is 25.7 Å². The van der Waals surface area contributed by atoms with Crippen molar-refractivity contribution in [2.75, 3.05) is 10.6 Å². The Bertz CT molecular complexity index is 3240. The third-order valence-corrected chi connectivity index (χ3v) is 12.6. The molecule has 0 aliphatic rings. The van der Waals surface area contributed by atoms with Crippen molar-refractivity contribution in [3.8, 4) is 11.5 Å². The second-order valence-corrected chi connectivity index (χ2v) is 17.8. The lowest BCUT2D eigenvalue weighted by atomic mass is 10.00. The molecule has 9 aromatic rings. The van der Waals surface area contributed by atoms with Crippen molar-refractivity contribution >= 4 is 67.5 Å². The second-order valence-electron chi connectivity index (χ2n) is 17.8. The number of aryl methyl sites for hydroxylation is 8. The van der Waals surface area contributed by atoms with E-state index in [-0.39, 0.29) is 34.0 Å². The van der Waals surface area contributed by atoms with Gasteiger partial charge in [0, 0.05) is 22.1 Å². The van der Waals surface area contributed by atoms with Gasteiger partial charge in [-0.3, -0.25) is 9.59 Å². The number of nitrogens with one attached hydrogen (secondary N) is 2. The molecule has 70 heavy (non-hydrogen) atoms. The Labute approximate surface area is 407 Å². The Morgan fingerprint density at radius 2 is 0.757 bits per heavy atom. The van der Waals surface area contributed by atoms with E-state index in [1.54, 1.807) is 12.1 Å². The van der Waals surface area contributed by atoms with E-state index in [0.717, 1.165) is 58.7 Å². The highest BCUT2D eigenvalue weighted by molar-refractivity contribution is 6.13. The molecule has 2 amide bonds. The van der Waals surface area contributed by atoms with Gasteiger partial charge in [0.25, 0.3) is 11.8 Å². The van der Waals surface area contributed by atoms with Crippen LogP contribution in [-0.4, -0.2) is 22.0 Å². The van der Waals surface area contributed by atoms with Crippen molar-refractivity contribution in [3.63, 3.8) is 0 Å². The maximum Gasteiger partial charge on any atom is 0.259 e. The fourth-order valence-corrected chi connectivity index (χ4v) is 8.59. The molecule has 0 aliphatic heterocycles. The van der Waals surface area contributed by atoms with Crippen LogP contribution in [0, 0.1) is 27.7 Å². The molecule has 0 spiro atoms. The molecule has 0 saturated carbocycles. The van der Waals surface area contributed by atoms with Crippen LogP contribution < -0.4 is 10.6 Å². The van der Waals surface area contributed by atoms with Crippen LogP contribution >= 0.6 is 0 Å². The number of fused-ring (bicyclic) bond motifs is 2. The summed E-state index contributed by atoms with van der Waals surface area (Å²) in [6.45, 7) is 7.87. The van der Waals surface area contributed by atoms with Crippen molar-refractivity contribution in [2.24, 2.45) is 20.5 Å². The second kappa shape index (κ2) is 20.6. The molecule has 0 radical (unpaired) electrons. The zero-order chi connectivity index (χ0) is 48.7. The lowest BCUT2D eigenvalue weighted by Crippen LogP contribution is -2.13. The number of rotatable bonds is 14. The van der Waals surface area contributed by atoms with E-state index in [0.29, 0.717) is 33.5 Å². The molecule has 10 heteroatoms. The van der Waals surface area contributed by atoms with Gasteiger partial charge < -0.3 is 20.8 Å². The lowest BCUT2D eigenvalue weighted by molar-refractivity contribution is 0.101. The average molecular weight is 921 g/mol. The molecule has 0 aromatic heterocycles. The summed E-state index contributed by atoms with van der Waals surface area (Å²) in [5.74, 6) is -1.30. The van der Waals surface area contributed by atoms with Crippen LogP contribution in [0.2, 0.25) is 0 Å². The van der Waals surface area contributed by atoms with Gasteiger partial charge in [-0.15, -0.1) is 10.2 Å². The number of phenolic OH excluding ortho intramolecular Hbond substituents is 2. The van der Waals surface area contributed by atoms with Gasteiger partial charge in [-0.2, -0.15) is 10.2 Å². The zero-order valence-corrected chi connectivity index (χ0v) is 39.5. The first-order chi connectivity index (χ1) is 33.9. The SMILES string of the molecule is Cc1ccc(NC(=O)c2cc3ccccc3c(N=Nc3ccc(CCc4ccc(CCc5ccc(N=Nc6c(O)c(C(=O)Nc7ccc(C)cc7C)cc7ccccc67)cc5)cc4)cc3)c2O)c(C)c1. The molecule has 0 saturated heterocycles. The molecule has 0 bridgehead atoms. The number of azo groups is 2. The van der Waals surface area contributed by atoms with E-state index in [9.17, 15) is 19.8 Å². The van der Waals surface area contributed by atoms with Gasteiger partial charge in [-0.1, -0.05) is 132 Å². The smallest absolute Gasteiger partial charge is 0.259 e. The molecule has 0 aliphatic carbocycles. The van der Waals surface area contributed by atoms with E-state index < -0.39 is 11.8 Å². The van der Waals surface area contributed by atoms with E-state index in [4.69, 9.17) is 0 Å². The first-order valence-corrected chi connectivity index (χ1v) is 23.3. The molecule has 346 valence electrons. The maximum atomic E-state index is 13.4. The number of nitrogens with zero attached hydrogens (tertiary/aromatic N) is 4. The molecule has 0 heterocycles. The van der Waals surface area contributed by atoms with E-state index in [1.165, 1.54) is 22.3 Å². The summed E-state index contributed by atoms with van der Waals surface area (Å²) in [6.07, 6.45) is 3.47. The predicted octanol–water partition coefficient (Wildman–Crippen LogP) is 15.5. The van der Waals surface area contributed by atoms with Crippen LogP contribution in [0.25, 0.3) is 21.5 Å². The van der Waals surface area contributed by atoms with Gasteiger partial charge in [0.2, 0.25) is 0 Å². The van der Waals surface area contributed by atoms with Gasteiger partial charge >= 0.3 is 0 Å². The fraction of sp³-hybridized carbons (Fsp3) is 0.133. The number of phenols is 2. The van der Waals surface area contributed by atoms with Crippen molar-refractivity contribution in [2.45, 2.75) is 53.4 Å². The van der Waals surface area contributed by atoms with Gasteiger partial charge in [0.1, 0.15) is 11.4 Å². The van der Waals surface area contributed by atoms with Gasteiger partial charge in [-0.05, 0) is 146 Å². The normalized spacial score (nSPS) is 11.5. The third kappa shape index (κ3) is 10.7. The Hall–Kier alpha value is -8.76. The lowest BCUT2D eigenvalue weighted by Gasteiger charge is -2.13. The highest BCUT2D eigenvalue weighted by Crippen LogP contribution is 2.41. The first-order valence-electron chi connectivity index (χ1n) is 23.3. The van der Waals surface area contributed by atoms with Crippen molar-refractivity contribution in [1.82, 2.24) is 0 Å². The summed E-state index contributed by atoms with van der Waals surface area (Å²) in [4.78, 5) is 26.9. The topological polar surface area (TPSA) is 148 Å². The highest BCUT2D eigenvalue weighted by Gasteiger charge is 2.21. The molecular weight excluding hydrogens is 869 g/mol. The molecule has 9 aromatic carbocycles. The molecule has 10 nitrogen and oxygen atoms in total. The molecule has 0 atom stereocenters. The first kappa shape index (κ1) is 46.4. The number of anilines is 2. The van der Waals surface area contributed by atoms with Crippen LogP contribution in [0.15, 0.2) is 190 Å². The minimum atomic E-state index is -0.426. The largest absolute Gasteiger partial charge is 0.505 e. The number of benzene rings is 9. The standard InChI is InChI=1S/C60H52N6O4/c1-37-13-31-53(39(3)33-37)61-59(69)51-35-45-9-5-7-11-49(45)55(57(51)67)65-63-47-27-23-43(24-28-47)21-19-41-15-17-42(18-16-41)20-22-44-25-29-48(30-26-44)64-66-56-50-12-8-6-10-46(50)36-52(58(56)68)60(70)62-54-32-14-38(2)34-40(54)4/h5-18,23-36,67-68H,19-22H2,1-4H3,(H,61,69)(H,62,70). The number of hydrogen-bond donors (Lipinski definition) is 4. The number of hydrogen-bond acceptors (Lipinski definition) is 8. The minimum Gasteiger partial charge on any atom is -0.505 e. The summed E-state index contributed by atoms with van der Waals surface area (Å²) < 4.78 is 0. The van der Waals surface area contributed by atoms with Crippen molar-refractivity contribution < 1.29 is 19.8 Å². The number of aromatic hydroxyl groups is 2. The van der Waals surface area contributed by atoms with Gasteiger partial charge in [-0.25, -0.2) is 0 Å². The molecular formula is C60H52N6O4. The average Bonchev–Trinajstić information content (AvgIpc) is 3.36. The summed E-state index contributed by atoms with van der Waals surface area (Å²) in [7, 11) is 0. The van der Waals surface area contributed by atoms with Gasteiger partial charge in [0.15, 0.2) is 11.5 Å². The fourth-order valence-electron chi connectivity index (χ4n) is 8.59. The molecule has 9 rings (SSSR count). The number of carbonyl (C=O) groups is 2.